The van der Waals surface area contributed by atoms with Crippen LogP contribution in [0, 0.1) is 0 Å². The summed E-state index contributed by atoms with van der Waals surface area (Å²) in [5.41, 5.74) is 0.824. The molecular weight excluding hydrogens is 278 g/mol. The van der Waals surface area contributed by atoms with E-state index in [1.807, 2.05) is 37.3 Å². The predicted octanol–water partition coefficient (Wildman–Crippen LogP) is 1.12. The highest BCUT2D eigenvalue weighted by molar-refractivity contribution is 7.91. The predicted molar refractivity (Wildman–Crippen MR) is 74.9 cm³/mol. The fourth-order valence-corrected chi connectivity index (χ4v) is 3.36. The number of hydrogen-bond donors (Lipinski definition) is 1. The van der Waals surface area contributed by atoms with Gasteiger partial charge in [0.2, 0.25) is 15.0 Å². The zero-order valence-electron chi connectivity index (χ0n) is 11.2. The van der Waals surface area contributed by atoms with Crippen molar-refractivity contribution >= 4 is 9.84 Å². The van der Waals surface area contributed by atoms with Gasteiger partial charge in [-0.2, -0.15) is 0 Å². The number of benzene rings is 1. The van der Waals surface area contributed by atoms with Gasteiger partial charge in [0.1, 0.15) is 0 Å². The van der Waals surface area contributed by atoms with Crippen molar-refractivity contribution in [1.29, 1.82) is 0 Å². The lowest BCUT2D eigenvalue weighted by Crippen LogP contribution is -2.15. The third-order valence-electron chi connectivity index (χ3n) is 2.91. The second kappa shape index (κ2) is 6.15. The summed E-state index contributed by atoms with van der Waals surface area (Å²) in [6.07, 6.45) is 0.194. The number of aliphatic hydroxyl groups is 1. The Balaban J connectivity index is 2.45. The number of sulfone groups is 1. The number of nitrogens with zero attached hydrogens (tertiary/aromatic N) is 3. The van der Waals surface area contributed by atoms with E-state index in [1.165, 1.54) is 0 Å². The van der Waals surface area contributed by atoms with E-state index in [4.69, 9.17) is 5.11 Å². The molecule has 0 aliphatic heterocycles. The molecule has 6 nitrogen and oxygen atoms in total. The van der Waals surface area contributed by atoms with E-state index >= 15 is 0 Å². The molecule has 108 valence electrons. The van der Waals surface area contributed by atoms with Gasteiger partial charge in [0.25, 0.3) is 0 Å². The molecule has 0 amide bonds. The highest BCUT2D eigenvalue weighted by Crippen LogP contribution is 2.21. The zero-order chi connectivity index (χ0) is 14.6. The fourth-order valence-electron chi connectivity index (χ4n) is 1.95. The summed E-state index contributed by atoms with van der Waals surface area (Å²) in [5, 5.41) is 16.6. The number of aliphatic hydroxyl groups excluding tert-OH is 1. The molecule has 0 aliphatic carbocycles. The summed E-state index contributed by atoms with van der Waals surface area (Å²) >= 11 is 0. The third-order valence-corrected chi connectivity index (χ3v) is 4.60. The van der Waals surface area contributed by atoms with Crippen LogP contribution >= 0.6 is 0 Å². The van der Waals surface area contributed by atoms with Crippen molar-refractivity contribution < 1.29 is 13.5 Å². The summed E-state index contributed by atoms with van der Waals surface area (Å²) in [5.74, 6) is 0.409. The molecule has 0 saturated heterocycles. The van der Waals surface area contributed by atoms with Gasteiger partial charge in [-0.1, -0.05) is 30.3 Å². The van der Waals surface area contributed by atoms with Gasteiger partial charge in [0.15, 0.2) is 5.82 Å². The second-order valence-electron chi connectivity index (χ2n) is 4.31. The van der Waals surface area contributed by atoms with Crippen LogP contribution in [0.25, 0.3) is 11.4 Å². The molecule has 0 radical (unpaired) electrons. The topological polar surface area (TPSA) is 85.1 Å². The quantitative estimate of drug-likeness (QED) is 0.863. The van der Waals surface area contributed by atoms with Gasteiger partial charge in [-0.05, 0) is 13.3 Å². The van der Waals surface area contributed by atoms with Crippen molar-refractivity contribution in [1.82, 2.24) is 14.8 Å². The van der Waals surface area contributed by atoms with Crippen molar-refractivity contribution in [3.8, 4) is 11.4 Å². The molecule has 2 rings (SSSR count). The van der Waals surface area contributed by atoms with Crippen LogP contribution in [-0.4, -0.2) is 40.6 Å². The molecule has 0 atom stereocenters. The molecule has 1 aromatic heterocycles. The molecule has 0 bridgehead atoms. The van der Waals surface area contributed by atoms with E-state index in [1.54, 1.807) is 4.57 Å². The molecule has 20 heavy (non-hydrogen) atoms. The van der Waals surface area contributed by atoms with Crippen LogP contribution in [0.4, 0.5) is 0 Å². The smallest absolute Gasteiger partial charge is 0.249 e. The van der Waals surface area contributed by atoms with Crippen molar-refractivity contribution in [3.05, 3.63) is 30.3 Å². The van der Waals surface area contributed by atoms with Crippen LogP contribution < -0.4 is 0 Å². The molecule has 1 aromatic carbocycles. The third kappa shape index (κ3) is 2.88. The Kier molecular flexibility index (Phi) is 4.51. The van der Waals surface area contributed by atoms with Gasteiger partial charge in [-0.3, -0.25) is 4.57 Å². The van der Waals surface area contributed by atoms with Gasteiger partial charge < -0.3 is 5.11 Å². The molecule has 1 heterocycles. The highest BCUT2D eigenvalue weighted by atomic mass is 32.2. The Bertz CT molecular complexity index is 665. The van der Waals surface area contributed by atoms with E-state index < -0.39 is 9.84 Å². The average molecular weight is 295 g/mol. The zero-order valence-corrected chi connectivity index (χ0v) is 12.0. The maximum Gasteiger partial charge on any atom is 0.249 e. The lowest BCUT2D eigenvalue weighted by molar-refractivity contribution is 0.295. The minimum absolute atomic E-state index is 0.0349. The first kappa shape index (κ1) is 14.7. The van der Waals surface area contributed by atoms with Gasteiger partial charge in [-0.15, -0.1) is 10.2 Å². The number of hydrogen-bond acceptors (Lipinski definition) is 5. The van der Waals surface area contributed by atoms with Crippen molar-refractivity contribution in [2.24, 2.45) is 0 Å². The van der Waals surface area contributed by atoms with E-state index in [2.05, 4.69) is 10.2 Å². The molecule has 7 heteroatoms. The number of rotatable bonds is 6. The van der Waals surface area contributed by atoms with Gasteiger partial charge in [0, 0.05) is 18.7 Å². The van der Waals surface area contributed by atoms with Crippen LogP contribution in [0.1, 0.15) is 13.3 Å². The van der Waals surface area contributed by atoms with Gasteiger partial charge in [0.05, 0.1) is 5.75 Å². The molecule has 0 fully saturated rings. The minimum Gasteiger partial charge on any atom is -0.396 e. The monoisotopic (exact) mass is 295 g/mol. The molecule has 2 aromatic rings. The molecule has 0 unspecified atom stereocenters. The summed E-state index contributed by atoms with van der Waals surface area (Å²) in [4.78, 5) is 0. The van der Waals surface area contributed by atoms with Crippen LogP contribution in [0.15, 0.2) is 35.5 Å². The van der Waals surface area contributed by atoms with E-state index in [-0.39, 0.29) is 23.9 Å². The maximum atomic E-state index is 12.2. The SMILES string of the molecule is CCn1c(-c2ccccc2)nnc1S(=O)(=O)CCCO. The summed E-state index contributed by atoms with van der Waals surface area (Å²) in [6, 6.07) is 9.34. The Hall–Kier alpha value is -1.73. The Labute approximate surface area is 118 Å². The van der Waals surface area contributed by atoms with E-state index in [0.717, 1.165) is 5.56 Å². The summed E-state index contributed by atoms with van der Waals surface area (Å²) < 4.78 is 25.9. The molecule has 1 N–H and O–H groups in total. The Morgan fingerprint density at radius 2 is 1.90 bits per heavy atom. The van der Waals surface area contributed by atoms with E-state index in [0.29, 0.717) is 12.4 Å². The molecule has 0 saturated carbocycles. The second-order valence-corrected chi connectivity index (χ2v) is 6.32. The lowest BCUT2D eigenvalue weighted by atomic mass is 10.2. The normalized spacial score (nSPS) is 11.7. The first-order valence-corrected chi connectivity index (χ1v) is 8.07. The Morgan fingerprint density at radius 1 is 1.20 bits per heavy atom. The van der Waals surface area contributed by atoms with Crippen LogP contribution in [0.3, 0.4) is 0 Å². The number of aromatic nitrogens is 3. The first-order chi connectivity index (χ1) is 9.60. The molecule has 0 aliphatic rings. The molecule has 0 spiro atoms. The van der Waals surface area contributed by atoms with Crippen molar-refractivity contribution in [2.45, 2.75) is 25.0 Å². The van der Waals surface area contributed by atoms with Crippen molar-refractivity contribution in [2.75, 3.05) is 12.4 Å². The van der Waals surface area contributed by atoms with Crippen LogP contribution in [0.2, 0.25) is 0 Å². The Morgan fingerprint density at radius 3 is 2.50 bits per heavy atom. The molecular formula is C13H17N3O3S. The maximum absolute atomic E-state index is 12.2. The standard InChI is InChI=1S/C13H17N3O3S/c1-2-16-12(11-7-4-3-5-8-11)14-15-13(16)20(18,19)10-6-9-17/h3-5,7-8,17H,2,6,9-10H2,1H3. The van der Waals surface area contributed by atoms with E-state index in [9.17, 15) is 8.42 Å². The van der Waals surface area contributed by atoms with Gasteiger partial charge >= 0.3 is 0 Å². The van der Waals surface area contributed by atoms with Crippen LogP contribution in [-0.2, 0) is 16.4 Å². The summed E-state index contributed by atoms with van der Waals surface area (Å²) in [7, 11) is -3.52. The lowest BCUT2D eigenvalue weighted by Gasteiger charge is -2.07. The fraction of sp³-hybridized carbons (Fsp3) is 0.385. The van der Waals surface area contributed by atoms with Gasteiger partial charge in [-0.25, -0.2) is 8.42 Å². The largest absolute Gasteiger partial charge is 0.396 e. The minimum atomic E-state index is -3.52. The average Bonchev–Trinajstić information content (AvgIpc) is 2.91. The summed E-state index contributed by atoms with van der Waals surface area (Å²) in [6.45, 7) is 2.15. The first-order valence-electron chi connectivity index (χ1n) is 6.42. The van der Waals surface area contributed by atoms with Crippen molar-refractivity contribution in [3.63, 3.8) is 0 Å². The van der Waals surface area contributed by atoms with Crippen LogP contribution in [0.5, 0.6) is 0 Å². The highest BCUT2D eigenvalue weighted by Gasteiger charge is 2.24.